The fourth-order valence-corrected chi connectivity index (χ4v) is 2.72. The third kappa shape index (κ3) is 3.07. The van der Waals surface area contributed by atoms with Gasteiger partial charge in [0, 0.05) is 23.3 Å². The van der Waals surface area contributed by atoms with Gasteiger partial charge in [0.05, 0.1) is 11.0 Å². The standard InChI is InChI=1S/C14H18BrClN2/c1-2-3-4-9-18-13-6-5-11(15)10-12(13)17-14(18)7-8-16/h5-6,10H,2-4,7-9H2,1H3. The molecule has 0 bridgehead atoms. The summed E-state index contributed by atoms with van der Waals surface area (Å²) in [7, 11) is 0. The third-order valence-electron chi connectivity index (χ3n) is 3.09. The number of aryl methyl sites for hydroxylation is 2. The Morgan fingerprint density at radius 3 is 2.89 bits per heavy atom. The summed E-state index contributed by atoms with van der Waals surface area (Å²) in [6.07, 6.45) is 4.53. The van der Waals surface area contributed by atoms with Crippen LogP contribution in [0, 0.1) is 0 Å². The van der Waals surface area contributed by atoms with Gasteiger partial charge < -0.3 is 4.57 Å². The molecule has 4 heteroatoms. The molecule has 0 spiro atoms. The first kappa shape index (κ1) is 13.9. The fourth-order valence-electron chi connectivity index (χ4n) is 2.20. The van der Waals surface area contributed by atoms with E-state index in [0.29, 0.717) is 5.88 Å². The third-order valence-corrected chi connectivity index (χ3v) is 3.77. The van der Waals surface area contributed by atoms with E-state index in [1.807, 2.05) is 0 Å². The molecule has 2 rings (SSSR count). The molecule has 0 saturated heterocycles. The lowest BCUT2D eigenvalue weighted by atomic mass is 10.2. The quantitative estimate of drug-likeness (QED) is 0.551. The molecule has 18 heavy (non-hydrogen) atoms. The van der Waals surface area contributed by atoms with Crippen LogP contribution < -0.4 is 0 Å². The van der Waals surface area contributed by atoms with E-state index >= 15 is 0 Å². The normalized spacial score (nSPS) is 11.3. The first-order chi connectivity index (χ1) is 8.76. The summed E-state index contributed by atoms with van der Waals surface area (Å²) in [5.74, 6) is 1.73. The van der Waals surface area contributed by atoms with Crippen LogP contribution in [0.15, 0.2) is 22.7 Å². The molecule has 1 heterocycles. The van der Waals surface area contributed by atoms with Crippen molar-refractivity contribution < 1.29 is 0 Å². The number of benzene rings is 1. The minimum Gasteiger partial charge on any atom is -0.328 e. The Hall–Kier alpha value is -0.540. The van der Waals surface area contributed by atoms with Crippen LogP contribution in [0.1, 0.15) is 32.0 Å². The van der Waals surface area contributed by atoms with Gasteiger partial charge >= 0.3 is 0 Å². The topological polar surface area (TPSA) is 17.8 Å². The number of halogens is 2. The van der Waals surface area contributed by atoms with Crippen molar-refractivity contribution in [2.45, 2.75) is 39.2 Å². The first-order valence-electron chi connectivity index (χ1n) is 6.47. The summed E-state index contributed by atoms with van der Waals surface area (Å²) in [6.45, 7) is 3.26. The Morgan fingerprint density at radius 2 is 2.17 bits per heavy atom. The van der Waals surface area contributed by atoms with Crippen LogP contribution in [-0.2, 0) is 13.0 Å². The zero-order chi connectivity index (χ0) is 13.0. The van der Waals surface area contributed by atoms with Gasteiger partial charge in [-0.05, 0) is 24.6 Å². The maximum absolute atomic E-state index is 5.87. The Kier molecular flexibility index (Phi) is 5.07. The molecule has 0 radical (unpaired) electrons. The maximum Gasteiger partial charge on any atom is 0.111 e. The van der Waals surface area contributed by atoms with Crippen LogP contribution in [0.25, 0.3) is 11.0 Å². The van der Waals surface area contributed by atoms with Gasteiger partial charge in [-0.1, -0.05) is 35.7 Å². The van der Waals surface area contributed by atoms with Crippen LogP contribution in [0.3, 0.4) is 0 Å². The van der Waals surface area contributed by atoms with E-state index in [1.165, 1.54) is 24.8 Å². The predicted molar refractivity (Wildman–Crippen MR) is 81.4 cm³/mol. The van der Waals surface area contributed by atoms with E-state index in [2.05, 4.69) is 45.6 Å². The van der Waals surface area contributed by atoms with Crippen LogP contribution in [0.2, 0.25) is 0 Å². The summed E-state index contributed by atoms with van der Waals surface area (Å²) in [5.41, 5.74) is 2.27. The Morgan fingerprint density at radius 1 is 1.33 bits per heavy atom. The summed E-state index contributed by atoms with van der Waals surface area (Å²) >= 11 is 9.36. The van der Waals surface area contributed by atoms with E-state index in [-0.39, 0.29) is 0 Å². The SMILES string of the molecule is CCCCCn1c(CCCl)nc2cc(Br)ccc21. The van der Waals surface area contributed by atoms with Crippen LogP contribution in [0.4, 0.5) is 0 Å². The van der Waals surface area contributed by atoms with E-state index in [1.54, 1.807) is 0 Å². The lowest BCUT2D eigenvalue weighted by molar-refractivity contribution is 0.594. The highest BCUT2D eigenvalue weighted by Gasteiger charge is 2.10. The van der Waals surface area contributed by atoms with E-state index in [4.69, 9.17) is 16.6 Å². The molecule has 0 unspecified atom stereocenters. The Balaban J connectivity index is 2.35. The van der Waals surface area contributed by atoms with Crippen molar-refractivity contribution in [1.82, 2.24) is 9.55 Å². The fraction of sp³-hybridized carbons (Fsp3) is 0.500. The molecule has 1 aromatic heterocycles. The molecule has 0 aliphatic carbocycles. The molecule has 98 valence electrons. The van der Waals surface area contributed by atoms with Crippen molar-refractivity contribution in [3.8, 4) is 0 Å². The molecular formula is C14H18BrClN2. The minimum atomic E-state index is 0.623. The number of hydrogen-bond acceptors (Lipinski definition) is 1. The van der Waals surface area contributed by atoms with Crippen LogP contribution in [-0.4, -0.2) is 15.4 Å². The number of alkyl halides is 1. The van der Waals surface area contributed by atoms with E-state index < -0.39 is 0 Å². The van der Waals surface area contributed by atoms with Gasteiger partial charge in [0.15, 0.2) is 0 Å². The second kappa shape index (κ2) is 6.58. The number of unbranched alkanes of at least 4 members (excludes halogenated alkanes) is 2. The number of nitrogens with zero attached hydrogens (tertiary/aromatic N) is 2. The Bertz CT molecular complexity index is 522. The van der Waals surface area contributed by atoms with Gasteiger partial charge in [-0.15, -0.1) is 11.6 Å². The second-order valence-corrected chi connectivity index (χ2v) is 5.75. The van der Waals surface area contributed by atoms with Crippen LogP contribution >= 0.6 is 27.5 Å². The molecule has 0 aliphatic rings. The van der Waals surface area contributed by atoms with Gasteiger partial charge in [0.1, 0.15) is 5.82 Å². The number of aromatic nitrogens is 2. The number of imidazole rings is 1. The molecule has 0 amide bonds. The highest BCUT2D eigenvalue weighted by atomic mass is 79.9. The van der Waals surface area contributed by atoms with Gasteiger partial charge in [0.25, 0.3) is 0 Å². The molecule has 0 aliphatic heterocycles. The summed E-state index contributed by atoms with van der Waals surface area (Å²) in [5, 5.41) is 0. The van der Waals surface area contributed by atoms with E-state index in [9.17, 15) is 0 Å². The minimum absolute atomic E-state index is 0.623. The Labute approximate surface area is 121 Å². The number of hydrogen-bond donors (Lipinski definition) is 0. The highest BCUT2D eigenvalue weighted by molar-refractivity contribution is 9.10. The highest BCUT2D eigenvalue weighted by Crippen LogP contribution is 2.22. The van der Waals surface area contributed by atoms with Gasteiger partial charge in [-0.2, -0.15) is 0 Å². The van der Waals surface area contributed by atoms with Crippen molar-refractivity contribution in [2.75, 3.05) is 5.88 Å². The molecule has 0 N–H and O–H groups in total. The first-order valence-corrected chi connectivity index (χ1v) is 7.79. The average Bonchev–Trinajstić information content (AvgIpc) is 2.67. The lowest BCUT2D eigenvalue weighted by Gasteiger charge is -2.07. The average molecular weight is 330 g/mol. The number of rotatable bonds is 6. The molecule has 0 saturated carbocycles. The summed E-state index contributed by atoms with van der Waals surface area (Å²) in [6, 6.07) is 6.28. The van der Waals surface area contributed by atoms with Gasteiger partial charge in [-0.25, -0.2) is 4.98 Å². The molecule has 2 nitrogen and oxygen atoms in total. The summed E-state index contributed by atoms with van der Waals surface area (Å²) < 4.78 is 3.39. The van der Waals surface area contributed by atoms with E-state index in [0.717, 1.165) is 28.8 Å². The second-order valence-electron chi connectivity index (χ2n) is 4.46. The van der Waals surface area contributed by atoms with Crippen molar-refractivity contribution in [3.63, 3.8) is 0 Å². The van der Waals surface area contributed by atoms with Crippen molar-refractivity contribution in [1.29, 1.82) is 0 Å². The molecular weight excluding hydrogens is 312 g/mol. The molecule has 1 aromatic carbocycles. The van der Waals surface area contributed by atoms with Gasteiger partial charge in [0.2, 0.25) is 0 Å². The largest absolute Gasteiger partial charge is 0.328 e. The monoisotopic (exact) mass is 328 g/mol. The molecule has 2 aromatic rings. The summed E-state index contributed by atoms with van der Waals surface area (Å²) in [4.78, 5) is 4.69. The predicted octanol–water partition coefficient (Wildman–Crippen LogP) is 4.77. The zero-order valence-corrected chi connectivity index (χ0v) is 13.0. The zero-order valence-electron chi connectivity index (χ0n) is 10.6. The van der Waals surface area contributed by atoms with Crippen molar-refractivity contribution in [2.24, 2.45) is 0 Å². The van der Waals surface area contributed by atoms with Crippen molar-refractivity contribution in [3.05, 3.63) is 28.5 Å². The smallest absolute Gasteiger partial charge is 0.111 e. The molecule has 0 fully saturated rings. The maximum atomic E-state index is 5.87. The number of fused-ring (bicyclic) bond motifs is 1. The van der Waals surface area contributed by atoms with Gasteiger partial charge in [-0.3, -0.25) is 0 Å². The molecule has 0 atom stereocenters. The van der Waals surface area contributed by atoms with Crippen molar-refractivity contribution >= 4 is 38.6 Å². The van der Waals surface area contributed by atoms with Crippen LogP contribution in [0.5, 0.6) is 0 Å². The lowest BCUT2D eigenvalue weighted by Crippen LogP contribution is -2.04.